The van der Waals surface area contributed by atoms with Crippen molar-refractivity contribution in [3.8, 4) is 0 Å². The Bertz CT molecular complexity index is 344. The second kappa shape index (κ2) is 8.47. The van der Waals surface area contributed by atoms with Gasteiger partial charge in [0.1, 0.15) is 5.60 Å². The van der Waals surface area contributed by atoms with Gasteiger partial charge in [0.15, 0.2) is 0 Å². The highest BCUT2D eigenvalue weighted by Crippen LogP contribution is 2.26. The Kier molecular flexibility index (Phi) is 7.57. The predicted molar refractivity (Wildman–Crippen MR) is 96.6 cm³/mol. The lowest BCUT2D eigenvalue weighted by molar-refractivity contribution is 0.0220. The maximum absolute atomic E-state index is 12.2. The van der Waals surface area contributed by atoms with E-state index in [2.05, 4.69) is 20.8 Å². The van der Waals surface area contributed by atoms with Gasteiger partial charge in [-0.05, 0) is 69.8 Å². The molecule has 1 atom stereocenters. The lowest BCUT2D eigenvalue weighted by Gasteiger charge is -2.28. The Morgan fingerprint density at radius 1 is 1.18 bits per heavy atom. The molecule has 1 unspecified atom stereocenters. The number of nitrogens with zero attached hydrogens (tertiary/aromatic N) is 1. The Labute approximate surface area is 141 Å². The largest absolute Gasteiger partial charge is 0.444 e. The summed E-state index contributed by atoms with van der Waals surface area (Å²) in [5, 5.41) is 0. The number of rotatable bonds is 6. The van der Waals surface area contributed by atoms with Gasteiger partial charge in [0, 0.05) is 12.6 Å². The van der Waals surface area contributed by atoms with E-state index in [0.717, 1.165) is 25.8 Å². The van der Waals surface area contributed by atoms with Gasteiger partial charge in [-0.3, -0.25) is 0 Å². The molecular formula is C18H35NO2S. The number of likely N-dealkylation sites (tertiary alicyclic amines) is 1. The van der Waals surface area contributed by atoms with E-state index >= 15 is 0 Å². The van der Waals surface area contributed by atoms with Crippen molar-refractivity contribution in [1.29, 1.82) is 0 Å². The van der Waals surface area contributed by atoms with Crippen molar-refractivity contribution in [3.63, 3.8) is 0 Å². The van der Waals surface area contributed by atoms with E-state index in [-0.39, 0.29) is 6.09 Å². The molecule has 1 heterocycles. The molecule has 22 heavy (non-hydrogen) atoms. The lowest BCUT2D eigenvalue weighted by Crippen LogP contribution is -2.39. The summed E-state index contributed by atoms with van der Waals surface area (Å²) in [6, 6.07) is 0.387. The van der Waals surface area contributed by atoms with E-state index in [1.807, 2.05) is 37.4 Å². The molecule has 3 nitrogen and oxygen atoms in total. The van der Waals surface area contributed by atoms with Crippen molar-refractivity contribution in [2.45, 2.75) is 85.3 Å². The molecule has 0 aromatic heterocycles. The quantitative estimate of drug-likeness (QED) is 0.616. The van der Waals surface area contributed by atoms with E-state index in [1.54, 1.807) is 0 Å². The lowest BCUT2D eigenvalue weighted by atomic mass is 9.94. The van der Waals surface area contributed by atoms with Crippen LogP contribution in [-0.2, 0) is 4.74 Å². The van der Waals surface area contributed by atoms with Gasteiger partial charge in [-0.2, -0.15) is 11.8 Å². The molecule has 4 heteroatoms. The second-order valence-electron chi connectivity index (χ2n) is 8.54. The third-order valence-corrected chi connectivity index (χ3v) is 4.90. The number of carbonyl (C=O) groups excluding carboxylic acids is 1. The van der Waals surface area contributed by atoms with Gasteiger partial charge < -0.3 is 9.64 Å². The predicted octanol–water partition coefficient (Wildman–Crippen LogP) is 5.34. The van der Waals surface area contributed by atoms with Crippen LogP contribution in [0.3, 0.4) is 0 Å². The van der Waals surface area contributed by atoms with Gasteiger partial charge in [-0.25, -0.2) is 4.79 Å². The van der Waals surface area contributed by atoms with Crippen molar-refractivity contribution in [2.24, 2.45) is 5.41 Å². The Balaban J connectivity index is 2.23. The summed E-state index contributed by atoms with van der Waals surface area (Å²) in [5.74, 6) is 2.44. The molecule has 0 N–H and O–H groups in total. The summed E-state index contributed by atoms with van der Waals surface area (Å²) in [7, 11) is 0. The number of carbonyl (C=O) groups is 1. The minimum Gasteiger partial charge on any atom is -0.444 e. The van der Waals surface area contributed by atoms with Crippen molar-refractivity contribution < 1.29 is 9.53 Å². The summed E-state index contributed by atoms with van der Waals surface area (Å²) < 4.78 is 5.52. The molecule has 0 saturated carbocycles. The molecule has 1 saturated heterocycles. The molecule has 0 spiro atoms. The molecule has 1 fully saturated rings. The van der Waals surface area contributed by atoms with E-state index in [9.17, 15) is 4.79 Å². The molecule has 130 valence electrons. The number of hydrogen-bond donors (Lipinski definition) is 0. The molecular weight excluding hydrogens is 294 g/mol. The normalized spacial score (nSPS) is 19.5. The van der Waals surface area contributed by atoms with Gasteiger partial charge in [-0.1, -0.05) is 20.8 Å². The standard InChI is InChI=1S/C18H35NO2S/c1-17(2,3)11-14-22-13-8-10-15-9-7-12-19(15)16(20)21-18(4,5)6/h15H,7-14H2,1-6H3. The molecule has 0 bridgehead atoms. The highest BCUT2D eigenvalue weighted by molar-refractivity contribution is 7.99. The first-order valence-corrected chi connectivity index (χ1v) is 9.81. The fourth-order valence-electron chi connectivity index (χ4n) is 2.60. The van der Waals surface area contributed by atoms with Gasteiger partial charge in [0.2, 0.25) is 0 Å². The Morgan fingerprint density at radius 3 is 2.45 bits per heavy atom. The minimum atomic E-state index is -0.396. The third kappa shape index (κ3) is 8.30. The molecule has 0 aromatic carbocycles. The first kappa shape index (κ1) is 19.7. The van der Waals surface area contributed by atoms with Crippen LogP contribution in [0.25, 0.3) is 0 Å². The van der Waals surface area contributed by atoms with Crippen molar-refractivity contribution in [1.82, 2.24) is 4.90 Å². The van der Waals surface area contributed by atoms with Gasteiger partial charge in [0.25, 0.3) is 0 Å². The molecule has 1 aliphatic heterocycles. The number of amides is 1. The molecule has 1 aliphatic rings. The first-order valence-electron chi connectivity index (χ1n) is 8.66. The summed E-state index contributed by atoms with van der Waals surface area (Å²) in [5.41, 5.74) is 0.0407. The van der Waals surface area contributed by atoms with Crippen LogP contribution in [0.4, 0.5) is 4.79 Å². The van der Waals surface area contributed by atoms with Crippen molar-refractivity contribution >= 4 is 17.9 Å². The number of ether oxygens (including phenoxy) is 1. The average Bonchev–Trinajstić information content (AvgIpc) is 2.78. The van der Waals surface area contributed by atoms with Gasteiger partial charge >= 0.3 is 6.09 Å². The van der Waals surface area contributed by atoms with Crippen LogP contribution in [-0.4, -0.2) is 40.7 Å². The molecule has 0 radical (unpaired) electrons. The first-order chi connectivity index (χ1) is 10.1. The zero-order valence-corrected chi connectivity index (χ0v) is 16.2. The topological polar surface area (TPSA) is 29.5 Å². The van der Waals surface area contributed by atoms with E-state index in [0.29, 0.717) is 11.5 Å². The van der Waals surface area contributed by atoms with Crippen LogP contribution in [0.2, 0.25) is 0 Å². The SMILES string of the molecule is CC(C)(C)CCSCCCC1CCCN1C(=O)OC(C)(C)C. The Morgan fingerprint density at radius 2 is 1.86 bits per heavy atom. The summed E-state index contributed by atoms with van der Waals surface area (Å²) >= 11 is 2.05. The second-order valence-corrected chi connectivity index (χ2v) is 9.76. The van der Waals surface area contributed by atoms with Crippen LogP contribution >= 0.6 is 11.8 Å². The van der Waals surface area contributed by atoms with Gasteiger partial charge in [0.05, 0.1) is 0 Å². The maximum Gasteiger partial charge on any atom is 0.410 e. The summed E-state index contributed by atoms with van der Waals surface area (Å²) in [6.07, 6.45) is 5.69. The fourth-order valence-corrected chi connectivity index (χ4v) is 3.93. The zero-order valence-electron chi connectivity index (χ0n) is 15.4. The zero-order chi connectivity index (χ0) is 16.8. The summed E-state index contributed by atoms with van der Waals surface area (Å²) in [4.78, 5) is 14.2. The van der Waals surface area contributed by atoms with E-state index < -0.39 is 5.60 Å². The van der Waals surface area contributed by atoms with Crippen molar-refractivity contribution in [2.75, 3.05) is 18.1 Å². The third-order valence-electron chi connectivity index (χ3n) is 3.83. The number of hydrogen-bond acceptors (Lipinski definition) is 3. The fraction of sp³-hybridized carbons (Fsp3) is 0.944. The smallest absolute Gasteiger partial charge is 0.410 e. The summed E-state index contributed by atoms with van der Waals surface area (Å²) in [6.45, 7) is 13.5. The average molecular weight is 330 g/mol. The van der Waals surface area contributed by atoms with Crippen LogP contribution in [0.5, 0.6) is 0 Å². The molecule has 1 amide bonds. The molecule has 1 rings (SSSR count). The van der Waals surface area contributed by atoms with E-state index in [1.165, 1.54) is 24.3 Å². The molecule has 0 aliphatic carbocycles. The minimum absolute atomic E-state index is 0.129. The Hall–Kier alpha value is -0.380. The van der Waals surface area contributed by atoms with Crippen LogP contribution in [0, 0.1) is 5.41 Å². The van der Waals surface area contributed by atoms with E-state index in [4.69, 9.17) is 4.74 Å². The van der Waals surface area contributed by atoms with Crippen LogP contribution in [0.15, 0.2) is 0 Å². The highest BCUT2D eigenvalue weighted by Gasteiger charge is 2.31. The monoisotopic (exact) mass is 329 g/mol. The van der Waals surface area contributed by atoms with Gasteiger partial charge in [-0.15, -0.1) is 0 Å². The number of thioether (sulfide) groups is 1. The van der Waals surface area contributed by atoms with Crippen molar-refractivity contribution in [3.05, 3.63) is 0 Å². The van der Waals surface area contributed by atoms with Crippen LogP contribution in [0.1, 0.15) is 73.6 Å². The van der Waals surface area contributed by atoms with Crippen LogP contribution < -0.4 is 0 Å². The maximum atomic E-state index is 12.2. The molecule has 0 aromatic rings. The highest BCUT2D eigenvalue weighted by atomic mass is 32.2.